The quantitative estimate of drug-likeness (QED) is 0.461. The lowest BCUT2D eigenvalue weighted by atomic mass is 10.1. The third kappa shape index (κ3) is 4.61. The topological polar surface area (TPSA) is 47.3 Å². The molecule has 0 aliphatic heterocycles. The van der Waals surface area contributed by atoms with E-state index >= 15 is 0 Å². The van der Waals surface area contributed by atoms with Crippen molar-refractivity contribution in [1.29, 1.82) is 0 Å². The van der Waals surface area contributed by atoms with Gasteiger partial charge in [0.05, 0.1) is 0 Å². The van der Waals surface area contributed by atoms with Crippen molar-refractivity contribution in [2.24, 2.45) is 5.84 Å². The highest BCUT2D eigenvalue weighted by atomic mass is 79.9. The number of hydrazine groups is 1. The average Bonchev–Trinajstić information content (AvgIpc) is 2.63. The van der Waals surface area contributed by atoms with Crippen LogP contribution in [0.25, 0.3) is 0 Å². The maximum atomic E-state index is 5.51. The predicted molar refractivity (Wildman–Crippen MR) is 67.9 cm³/mol. The molecule has 0 amide bonds. The van der Waals surface area contributed by atoms with E-state index in [0.29, 0.717) is 0 Å². The van der Waals surface area contributed by atoms with Crippen LogP contribution in [0.1, 0.15) is 18.2 Å². The van der Waals surface area contributed by atoms with Gasteiger partial charge in [0.2, 0.25) is 0 Å². The first-order chi connectivity index (χ1) is 7.27. The van der Waals surface area contributed by atoms with Gasteiger partial charge in [0.1, 0.15) is 0 Å². The molecule has 3 nitrogen and oxygen atoms in total. The lowest BCUT2D eigenvalue weighted by Crippen LogP contribution is -2.37. The molecule has 0 spiro atoms. The van der Waals surface area contributed by atoms with E-state index in [0.717, 1.165) is 26.1 Å². The number of ether oxygens (including phenoxy) is 1. The van der Waals surface area contributed by atoms with Gasteiger partial charge in [-0.05, 0) is 47.1 Å². The highest BCUT2D eigenvalue weighted by molar-refractivity contribution is 9.10. The van der Waals surface area contributed by atoms with Gasteiger partial charge >= 0.3 is 0 Å². The Morgan fingerprint density at radius 1 is 1.67 bits per heavy atom. The number of hydrogen-bond donors (Lipinski definition) is 2. The summed E-state index contributed by atoms with van der Waals surface area (Å²) >= 11 is 5.27. The smallest absolute Gasteiger partial charge is 0.0481 e. The van der Waals surface area contributed by atoms with E-state index < -0.39 is 0 Å². The van der Waals surface area contributed by atoms with Gasteiger partial charge in [-0.3, -0.25) is 11.3 Å². The van der Waals surface area contributed by atoms with Gasteiger partial charge < -0.3 is 4.74 Å². The fourth-order valence-electron chi connectivity index (χ4n) is 1.31. The number of nitrogens with one attached hydrogen (secondary N) is 1. The first kappa shape index (κ1) is 13.1. The van der Waals surface area contributed by atoms with E-state index in [2.05, 4.69) is 32.8 Å². The molecule has 5 heteroatoms. The molecule has 0 aliphatic rings. The molecule has 86 valence electrons. The summed E-state index contributed by atoms with van der Waals surface area (Å²) in [6.45, 7) is 3.52. The van der Waals surface area contributed by atoms with E-state index in [4.69, 9.17) is 10.6 Å². The first-order valence-corrected chi connectivity index (χ1v) is 6.71. The molecule has 0 saturated carbocycles. The highest BCUT2D eigenvalue weighted by Gasteiger charge is 2.10. The number of nitrogens with two attached hydrogens (primary N) is 1. The number of rotatable bonds is 7. The Kier molecular flexibility index (Phi) is 6.43. The van der Waals surface area contributed by atoms with Crippen molar-refractivity contribution in [2.45, 2.75) is 25.8 Å². The maximum absolute atomic E-state index is 5.51. The Hall–Kier alpha value is 0.0600. The van der Waals surface area contributed by atoms with Crippen molar-refractivity contribution in [3.63, 3.8) is 0 Å². The Morgan fingerprint density at radius 3 is 3.00 bits per heavy atom. The molecule has 1 aromatic heterocycles. The van der Waals surface area contributed by atoms with Crippen LogP contribution in [0.15, 0.2) is 15.9 Å². The summed E-state index contributed by atoms with van der Waals surface area (Å²) in [6.07, 6.45) is 1.89. The minimum Gasteiger partial charge on any atom is -0.382 e. The Labute approximate surface area is 103 Å². The molecule has 1 heterocycles. The van der Waals surface area contributed by atoms with Gasteiger partial charge in [-0.2, -0.15) is 0 Å². The van der Waals surface area contributed by atoms with Crippen molar-refractivity contribution < 1.29 is 4.74 Å². The summed E-state index contributed by atoms with van der Waals surface area (Å²) in [5.74, 6) is 5.51. The molecule has 0 fully saturated rings. The van der Waals surface area contributed by atoms with Crippen molar-refractivity contribution in [3.8, 4) is 0 Å². The van der Waals surface area contributed by atoms with Gasteiger partial charge in [-0.15, -0.1) is 11.3 Å². The van der Waals surface area contributed by atoms with E-state index in [1.165, 1.54) is 9.35 Å². The van der Waals surface area contributed by atoms with Crippen LogP contribution >= 0.6 is 27.3 Å². The molecule has 3 N–H and O–H groups in total. The monoisotopic (exact) mass is 292 g/mol. The van der Waals surface area contributed by atoms with Crippen molar-refractivity contribution >= 4 is 27.3 Å². The maximum Gasteiger partial charge on any atom is 0.0481 e. The van der Waals surface area contributed by atoms with Gasteiger partial charge in [-0.1, -0.05) is 0 Å². The first-order valence-electron chi connectivity index (χ1n) is 5.03. The second kappa shape index (κ2) is 7.35. The summed E-state index contributed by atoms with van der Waals surface area (Å²) in [6, 6.07) is 2.35. The molecule has 1 rings (SSSR count). The molecule has 0 radical (unpaired) electrons. The van der Waals surface area contributed by atoms with Gasteiger partial charge in [0.25, 0.3) is 0 Å². The van der Waals surface area contributed by atoms with Gasteiger partial charge in [0, 0.05) is 28.6 Å². The van der Waals surface area contributed by atoms with Crippen LogP contribution in [0.5, 0.6) is 0 Å². The van der Waals surface area contributed by atoms with Crippen LogP contribution in [-0.2, 0) is 11.2 Å². The van der Waals surface area contributed by atoms with Crippen LogP contribution in [0, 0.1) is 0 Å². The molecule has 0 aromatic carbocycles. The molecule has 0 aliphatic carbocycles. The molecule has 1 aromatic rings. The SMILES string of the molecule is CCOCCC(Cc1sccc1Br)NN. The van der Waals surface area contributed by atoms with Crippen LogP contribution in [-0.4, -0.2) is 19.3 Å². The van der Waals surface area contributed by atoms with Crippen LogP contribution in [0.2, 0.25) is 0 Å². The second-order valence-electron chi connectivity index (χ2n) is 3.25. The van der Waals surface area contributed by atoms with E-state index in [-0.39, 0.29) is 6.04 Å². The summed E-state index contributed by atoms with van der Waals surface area (Å²) in [4.78, 5) is 1.33. The third-order valence-electron chi connectivity index (χ3n) is 2.17. The summed E-state index contributed by atoms with van der Waals surface area (Å²) in [5.41, 5.74) is 2.83. The number of hydrogen-bond acceptors (Lipinski definition) is 4. The fraction of sp³-hybridized carbons (Fsp3) is 0.600. The van der Waals surface area contributed by atoms with E-state index in [1.54, 1.807) is 11.3 Å². The third-order valence-corrected chi connectivity index (χ3v) is 4.12. The lowest BCUT2D eigenvalue weighted by molar-refractivity contribution is 0.136. The normalized spacial score (nSPS) is 13.0. The molecule has 0 saturated heterocycles. The Balaban J connectivity index is 2.36. The number of thiophene rings is 1. The summed E-state index contributed by atoms with van der Waals surface area (Å²) < 4.78 is 6.48. The van der Waals surface area contributed by atoms with Crippen molar-refractivity contribution in [3.05, 3.63) is 20.8 Å². The zero-order valence-electron chi connectivity index (χ0n) is 8.83. The van der Waals surface area contributed by atoms with Crippen molar-refractivity contribution in [2.75, 3.05) is 13.2 Å². The van der Waals surface area contributed by atoms with Crippen LogP contribution < -0.4 is 11.3 Å². The van der Waals surface area contributed by atoms with Crippen LogP contribution in [0.3, 0.4) is 0 Å². The van der Waals surface area contributed by atoms with Crippen LogP contribution in [0.4, 0.5) is 0 Å². The largest absolute Gasteiger partial charge is 0.382 e. The molecular formula is C10H17BrN2OS. The second-order valence-corrected chi connectivity index (χ2v) is 5.10. The summed E-state index contributed by atoms with van der Waals surface area (Å²) in [5, 5.41) is 2.08. The average molecular weight is 293 g/mol. The minimum atomic E-state index is 0.284. The molecule has 1 unspecified atom stereocenters. The zero-order valence-corrected chi connectivity index (χ0v) is 11.2. The zero-order chi connectivity index (χ0) is 11.1. The molecule has 1 atom stereocenters. The van der Waals surface area contributed by atoms with Crippen molar-refractivity contribution in [1.82, 2.24) is 5.43 Å². The molecule has 15 heavy (non-hydrogen) atoms. The number of halogens is 1. The van der Waals surface area contributed by atoms with Gasteiger partial charge in [0.15, 0.2) is 0 Å². The van der Waals surface area contributed by atoms with Gasteiger partial charge in [-0.25, -0.2) is 0 Å². The lowest BCUT2D eigenvalue weighted by Gasteiger charge is -2.14. The summed E-state index contributed by atoms with van der Waals surface area (Å²) in [7, 11) is 0. The molecule has 0 bridgehead atoms. The highest BCUT2D eigenvalue weighted by Crippen LogP contribution is 2.24. The van der Waals surface area contributed by atoms with E-state index in [1.807, 2.05) is 6.92 Å². The molecular weight excluding hydrogens is 276 g/mol. The minimum absolute atomic E-state index is 0.284. The Bertz CT molecular complexity index is 280. The Morgan fingerprint density at radius 2 is 2.47 bits per heavy atom. The predicted octanol–water partition coefficient (Wildman–Crippen LogP) is 2.31. The van der Waals surface area contributed by atoms with E-state index in [9.17, 15) is 0 Å². The fourth-order valence-corrected chi connectivity index (χ4v) is 2.90. The standard InChI is InChI=1S/C10H17BrN2OS/c1-2-14-5-3-8(13-12)7-10-9(11)4-6-15-10/h4,6,8,13H,2-3,5,7,12H2,1H3.